The lowest BCUT2D eigenvalue weighted by molar-refractivity contribution is 0.214. The summed E-state index contributed by atoms with van der Waals surface area (Å²) in [4.78, 5) is 5.05. The Hall–Kier alpha value is -3.53. The van der Waals surface area contributed by atoms with Crippen molar-refractivity contribution in [2.75, 3.05) is 12.4 Å². The van der Waals surface area contributed by atoms with Crippen LogP contribution in [0.5, 0.6) is 0 Å². The van der Waals surface area contributed by atoms with E-state index in [1.165, 1.54) is 11.1 Å². The predicted molar refractivity (Wildman–Crippen MR) is 119 cm³/mol. The summed E-state index contributed by atoms with van der Waals surface area (Å²) in [7, 11) is 1.56. The summed E-state index contributed by atoms with van der Waals surface area (Å²) in [6.07, 6.45) is 1.39. The quantitative estimate of drug-likeness (QED) is 0.282. The second-order valence-corrected chi connectivity index (χ2v) is 6.80. The molecule has 0 heterocycles. The van der Waals surface area contributed by atoms with Crippen LogP contribution in [0.3, 0.4) is 0 Å². The van der Waals surface area contributed by atoms with Gasteiger partial charge in [-0.2, -0.15) is 0 Å². The lowest BCUT2D eigenvalue weighted by Gasteiger charge is -2.10. The van der Waals surface area contributed by atoms with Crippen molar-refractivity contribution in [3.63, 3.8) is 0 Å². The van der Waals surface area contributed by atoms with Gasteiger partial charge in [0.05, 0.1) is 5.76 Å². The van der Waals surface area contributed by atoms with Crippen molar-refractivity contribution in [3.05, 3.63) is 113 Å². The Kier molecular flexibility index (Phi) is 7.06. The van der Waals surface area contributed by atoms with Crippen LogP contribution in [0.2, 0.25) is 0 Å². The molecule has 0 saturated heterocycles. The van der Waals surface area contributed by atoms with E-state index in [4.69, 9.17) is 4.84 Å². The molecule has 0 amide bonds. The van der Waals surface area contributed by atoms with Gasteiger partial charge in [0.1, 0.15) is 12.8 Å². The number of hydrogen-bond acceptors (Lipinski definition) is 4. The largest absolute Gasteiger partial charge is 0.513 e. The molecule has 0 atom stereocenters. The normalized spacial score (nSPS) is 11.1. The fourth-order valence-electron chi connectivity index (χ4n) is 3.02. The summed E-state index contributed by atoms with van der Waals surface area (Å²) in [6.45, 7) is 4.26. The maximum Gasteiger partial charge on any atom is 0.117 e. The van der Waals surface area contributed by atoms with E-state index < -0.39 is 0 Å². The second kappa shape index (κ2) is 10.1. The molecule has 4 nitrogen and oxygen atoms in total. The number of aliphatic hydroxyl groups is 1. The third kappa shape index (κ3) is 5.98. The first kappa shape index (κ1) is 20.2. The third-order valence-corrected chi connectivity index (χ3v) is 4.61. The van der Waals surface area contributed by atoms with Crippen molar-refractivity contribution < 1.29 is 9.94 Å². The van der Waals surface area contributed by atoms with Crippen LogP contribution in [0, 0.1) is 0 Å². The second-order valence-electron chi connectivity index (χ2n) is 6.80. The van der Waals surface area contributed by atoms with E-state index >= 15 is 0 Å². The number of hydrogen-bond donors (Lipinski definition) is 2. The fourth-order valence-corrected chi connectivity index (χ4v) is 3.02. The first-order valence-corrected chi connectivity index (χ1v) is 9.61. The summed E-state index contributed by atoms with van der Waals surface area (Å²) >= 11 is 0. The minimum atomic E-state index is 0.224. The van der Waals surface area contributed by atoms with Gasteiger partial charge in [0, 0.05) is 29.8 Å². The monoisotopic (exact) mass is 386 g/mol. The minimum Gasteiger partial charge on any atom is -0.513 e. The molecule has 0 fully saturated rings. The molecule has 148 valence electrons. The zero-order chi connectivity index (χ0) is 20.5. The first-order valence-electron chi connectivity index (χ1n) is 9.61. The van der Waals surface area contributed by atoms with E-state index in [-0.39, 0.29) is 5.76 Å². The lowest BCUT2D eigenvalue weighted by Crippen LogP contribution is -2.05. The molecule has 0 spiro atoms. The van der Waals surface area contributed by atoms with Crippen molar-refractivity contribution in [3.8, 4) is 0 Å². The van der Waals surface area contributed by atoms with E-state index in [1.807, 2.05) is 30.3 Å². The zero-order valence-electron chi connectivity index (χ0n) is 16.6. The zero-order valence-corrected chi connectivity index (χ0v) is 16.6. The molecule has 4 heteroatoms. The maximum absolute atomic E-state index is 9.21. The number of allylic oxidation sites excluding steroid dienone is 1. The number of nitrogens with one attached hydrogen (secondary N) is 1. The average Bonchev–Trinajstić information content (AvgIpc) is 2.76. The highest BCUT2D eigenvalue weighted by Crippen LogP contribution is 2.16. The highest BCUT2D eigenvalue weighted by Gasteiger charge is 2.07. The molecule has 3 aromatic rings. The fraction of sp³-hybridized carbons (Fsp3) is 0.160. The van der Waals surface area contributed by atoms with Gasteiger partial charge in [-0.05, 0) is 29.7 Å². The molecule has 0 aliphatic heterocycles. The molecule has 0 unspecified atom stereocenters. The van der Waals surface area contributed by atoms with Crippen LogP contribution in [-0.4, -0.2) is 17.9 Å². The SMILES string of the molecule is C=C(O)CCc1ccc(NCc2ccc(/C(=N\OC)c3ccccc3)cc2)cc1. The van der Waals surface area contributed by atoms with E-state index in [0.29, 0.717) is 6.42 Å². The summed E-state index contributed by atoms with van der Waals surface area (Å²) in [5.41, 5.74) is 6.27. The van der Waals surface area contributed by atoms with Gasteiger partial charge in [-0.15, -0.1) is 0 Å². The molecule has 0 aliphatic carbocycles. The molecule has 3 rings (SSSR count). The van der Waals surface area contributed by atoms with E-state index in [0.717, 1.165) is 35.5 Å². The van der Waals surface area contributed by atoms with E-state index in [1.54, 1.807) is 7.11 Å². The van der Waals surface area contributed by atoms with Gasteiger partial charge in [0.2, 0.25) is 0 Å². The molecular formula is C25H26N2O2. The van der Waals surface area contributed by atoms with Gasteiger partial charge in [0.25, 0.3) is 0 Å². The Morgan fingerprint density at radius 3 is 2.14 bits per heavy atom. The van der Waals surface area contributed by atoms with Gasteiger partial charge < -0.3 is 15.3 Å². The van der Waals surface area contributed by atoms with Crippen molar-refractivity contribution >= 4 is 11.4 Å². The Morgan fingerprint density at radius 2 is 1.52 bits per heavy atom. The Morgan fingerprint density at radius 1 is 0.897 bits per heavy atom. The van der Waals surface area contributed by atoms with E-state index in [9.17, 15) is 5.11 Å². The molecule has 3 aromatic carbocycles. The first-order chi connectivity index (χ1) is 14.2. The van der Waals surface area contributed by atoms with Crippen LogP contribution in [0.15, 0.2) is 96.4 Å². The predicted octanol–water partition coefficient (Wildman–Crippen LogP) is 5.70. The molecule has 0 radical (unpaired) electrons. The van der Waals surface area contributed by atoms with Gasteiger partial charge in [-0.3, -0.25) is 0 Å². The number of nitrogens with zero attached hydrogens (tertiary/aromatic N) is 1. The highest BCUT2D eigenvalue weighted by atomic mass is 16.6. The van der Waals surface area contributed by atoms with Gasteiger partial charge in [-0.1, -0.05) is 78.5 Å². The molecular weight excluding hydrogens is 360 g/mol. The summed E-state index contributed by atoms with van der Waals surface area (Å²) < 4.78 is 0. The standard InChI is InChI=1S/C25H26N2O2/c1-19(28)8-9-20-12-16-24(17-13-20)26-18-21-10-14-23(15-11-21)25(27-29-2)22-6-4-3-5-7-22/h3-7,10-17,26,28H,1,8-9,18H2,2H3/b27-25-. The van der Waals surface area contributed by atoms with Crippen LogP contribution in [0.4, 0.5) is 5.69 Å². The molecule has 0 aromatic heterocycles. The van der Waals surface area contributed by atoms with Crippen molar-refractivity contribution in [1.29, 1.82) is 0 Å². The number of rotatable bonds is 9. The van der Waals surface area contributed by atoms with Crippen molar-refractivity contribution in [1.82, 2.24) is 0 Å². The Bertz CT molecular complexity index is 946. The maximum atomic E-state index is 9.21. The molecule has 0 aliphatic rings. The van der Waals surface area contributed by atoms with Crippen LogP contribution in [0.1, 0.15) is 28.7 Å². The van der Waals surface area contributed by atoms with Gasteiger partial charge in [0.15, 0.2) is 0 Å². The van der Waals surface area contributed by atoms with E-state index in [2.05, 4.69) is 65.6 Å². The summed E-state index contributed by atoms with van der Waals surface area (Å²) in [5, 5.41) is 16.8. The van der Waals surface area contributed by atoms with Gasteiger partial charge >= 0.3 is 0 Å². The van der Waals surface area contributed by atoms with Crippen LogP contribution in [0.25, 0.3) is 0 Å². The topological polar surface area (TPSA) is 53.8 Å². The molecule has 2 N–H and O–H groups in total. The molecule has 29 heavy (non-hydrogen) atoms. The van der Waals surface area contributed by atoms with Crippen molar-refractivity contribution in [2.24, 2.45) is 5.16 Å². The van der Waals surface area contributed by atoms with Crippen LogP contribution < -0.4 is 5.32 Å². The Balaban J connectivity index is 1.62. The van der Waals surface area contributed by atoms with Crippen LogP contribution >= 0.6 is 0 Å². The molecule has 0 saturated carbocycles. The van der Waals surface area contributed by atoms with Gasteiger partial charge in [-0.25, -0.2) is 0 Å². The number of benzene rings is 3. The van der Waals surface area contributed by atoms with Crippen molar-refractivity contribution in [2.45, 2.75) is 19.4 Å². The minimum absolute atomic E-state index is 0.224. The highest BCUT2D eigenvalue weighted by molar-refractivity contribution is 6.12. The third-order valence-electron chi connectivity index (χ3n) is 4.61. The average molecular weight is 386 g/mol. The number of oxime groups is 1. The smallest absolute Gasteiger partial charge is 0.117 e. The lowest BCUT2D eigenvalue weighted by atomic mass is 10.0. The summed E-state index contributed by atoms with van der Waals surface area (Å²) in [6, 6.07) is 26.6. The summed E-state index contributed by atoms with van der Waals surface area (Å²) in [5.74, 6) is 0.224. The number of anilines is 1. The Labute approximate surface area is 172 Å². The molecule has 0 bridgehead atoms. The number of aryl methyl sites for hydroxylation is 1. The van der Waals surface area contributed by atoms with Crippen LogP contribution in [-0.2, 0) is 17.8 Å². The number of aliphatic hydroxyl groups excluding tert-OH is 1.